The van der Waals surface area contributed by atoms with Crippen LogP contribution in [-0.4, -0.2) is 11.7 Å². The van der Waals surface area contributed by atoms with Crippen molar-refractivity contribution in [3.05, 3.63) is 12.7 Å². The van der Waals surface area contributed by atoms with E-state index in [1.165, 1.54) is 44.9 Å². The molecule has 0 aromatic rings. The van der Waals surface area contributed by atoms with E-state index in [1.807, 2.05) is 6.08 Å². The Morgan fingerprint density at radius 1 is 1.00 bits per heavy atom. The zero-order valence-corrected chi connectivity index (χ0v) is 10.4. The van der Waals surface area contributed by atoms with Crippen LogP contribution >= 0.6 is 0 Å². The Labute approximate surface area is 95.6 Å². The van der Waals surface area contributed by atoms with Gasteiger partial charge in [-0.3, -0.25) is 0 Å². The number of rotatable bonds is 11. The highest BCUT2D eigenvalue weighted by Gasteiger charge is 1.98. The first kappa shape index (κ1) is 14.7. The molecule has 0 amide bonds. The first-order valence-corrected chi connectivity index (χ1v) is 6.53. The van der Waals surface area contributed by atoms with Crippen molar-refractivity contribution in [3.8, 4) is 0 Å². The third-order valence-corrected chi connectivity index (χ3v) is 2.92. The van der Waals surface area contributed by atoms with Crippen LogP contribution in [0.1, 0.15) is 64.7 Å². The number of hydrogen-bond acceptors (Lipinski definition) is 1. The van der Waals surface area contributed by atoms with Gasteiger partial charge in [0.1, 0.15) is 0 Å². The summed E-state index contributed by atoms with van der Waals surface area (Å²) in [6.07, 6.45) is 13.5. The molecule has 0 unspecified atom stereocenters. The molecule has 0 saturated carbocycles. The second-order valence-corrected chi connectivity index (χ2v) is 4.62. The summed E-state index contributed by atoms with van der Waals surface area (Å²) in [5, 5.41) is 8.61. The molecule has 90 valence electrons. The van der Waals surface area contributed by atoms with Gasteiger partial charge in [-0.05, 0) is 18.8 Å². The Balaban J connectivity index is 3.01. The highest BCUT2D eigenvalue weighted by Crippen LogP contribution is 2.14. The topological polar surface area (TPSA) is 20.2 Å². The Morgan fingerprint density at radius 3 is 2.07 bits per heavy atom. The maximum atomic E-state index is 8.61. The lowest BCUT2D eigenvalue weighted by Crippen LogP contribution is -1.92. The molecule has 1 N–H and O–H groups in total. The lowest BCUT2D eigenvalue weighted by Gasteiger charge is -2.07. The van der Waals surface area contributed by atoms with Gasteiger partial charge in [-0.2, -0.15) is 0 Å². The summed E-state index contributed by atoms with van der Waals surface area (Å²) in [6, 6.07) is 0. The van der Waals surface area contributed by atoms with E-state index in [-0.39, 0.29) is 0 Å². The fourth-order valence-corrected chi connectivity index (χ4v) is 1.89. The minimum atomic E-state index is 0.360. The average Bonchev–Trinajstić information content (AvgIpc) is 2.22. The smallest absolute Gasteiger partial charge is 0.0431 e. The van der Waals surface area contributed by atoms with Crippen molar-refractivity contribution in [3.63, 3.8) is 0 Å². The van der Waals surface area contributed by atoms with Crippen LogP contribution in [0.2, 0.25) is 0 Å². The number of aliphatic hydroxyl groups excluding tert-OH is 1. The van der Waals surface area contributed by atoms with Gasteiger partial charge in [-0.1, -0.05) is 57.9 Å². The van der Waals surface area contributed by atoms with E-state index in [1.54, 1.807) is 0 Å². The fourth-order valence-electron chi connectivity index (χ4n) is 1.89. The van der Waals surface area contributed by atoms with Crippen LogP contribution in [0.4, 0.5) is 0 Å². The summed E-state index contributed by atoms with van der Waals surface area (Å²) in [4.78, 5) is 0. The van der Waals surface area contributed by atoms with Crippen LogP contribution < -0.4 is 0 Å². The molecule has 0 aliphatic rings. The van der Waals surface area contributed by atoms with Gasteiger partial charge < -0.3 is 5.11 Å². The van der Waals surface area contributed by atoms with Crippen molar-refractivity contribution in [1.29, 1.82) is 0 Å². The maximum absolute atomic E-state index is 8.61. The van der Waals surface area contributed by atoms with Gasteiger partial charge in [0, 0.05) is 6.61 Å². The Kier molecular flexibility index (Phi) is 11.5. The van der Waals surface area contributed by atoms with Crippen molar-refractivity contribution >= 4 is 0 Å². The highest BCUT2D eigenvalue weighted by molar-refractivity contribution is 4.70. The zero-order valence-electron chi connectivity index (χ0n) is 10.4. The van der Waals surface area contributed by atoms with Crippen molar-refractivity contribution in [1.82, 2.24) is 0 Å². The molecule has 0 heterocycles. The molecule has 0 radical (unpaired) electrons. The molecule has 0 spiro atoms. The molecular weight excluding hydrogens is 184 g/mol. The van der Waals surface area contributed by atoms with Crippen molar-refractivity contribution < 1.29 is 5.11 Å². The number of hydrogen-bond donors (Lipinski definition) is 1. The van der Waals surface area contributed by atoms with E-state index in [0.717, 1.165) is 18.8 Å². The summed E-state index contributed by atoms with van der Waals surface area (Å²) >= 11 is 0. The van der Waals surface area contributed by atoms with Gasteiger partial charge in [0.2, 0.25) is 0 Å². The van der Waals surface area contributed by atoms with Crippen LogP contribution in [0.5, 0.6) is 0 Å². The summed E-state index contributed by atoms with van der Waals surface area (Å²) in [5.41, 5.74) is 0. The zero-order chi connectivity index (χ0) is 11.4. The molecule has 0 fully saturated rings. The number of unbranched alkanes of at least 4 members (excludes halogenated alkanes) is 6. The molecule has 0 aliphatic heterocycles. The highest BCUT2D eigenvalue weighted by atomic mass is 16.2. The SMILES string of the molecule is C=CC[C@@H](C)CCCCCCCCCO. The third kappa shape index (κ3) is 11.6. The molecule has 0 saturated heterocycles. The van der Waals surface area contributed by atoms with Gasteiger partial charge >= 0.3 is 0 Å². The van der Waals surface area contributed by atoms with Crippen LogP contribution in [0.3, 0.4) is 0 Å². The van der Waals surface area contributed by atoms with E-state index in [4.69, 9.17) is 5.11 Å². The molecule has 0 aromatic heterocycles. The molecule has 1 atom stereocenters. The van der Waals surface area contributed by atoms with Gasteiger partial charge in [0.05, 0.1) is 0 Å². The average molecular weight is 212 g/mol. The van der Waals surface area contributed by atoms with Gasteiger partial charge in [0.15, 0.2) is 0 Å². The maximum Gasteiger partial charge on any atom is 0.0431 e. The monoisotopic (exact) mass is 212 g/mol. The number of aliphatic hydroxyl groups is 1. The van der Waals surface area contributed by atoms with Gasteiger partial charge in [-0.15, -0.1) is 6.58 Å². The summed E-state index contributed by atoms with van der Waals surface area (Å²) < 4.78 is 0. The molecule has 0 rings (SSSR count). The van der Waals surface area contributed by atoms with Crippen LogP contribution in [0.25, 0.3) is 0 Å². The molecular formula is C14H28O. The van der Waals surface area contributed by atoms with Crippen molar-refractivity contribution in [2.24, 2.45) is 5.92 Å². The van der Waals surface area contributed by atoms with E-state index in [2.05, 4.69) is 13.5 Å². The van der Waals surface area contributed by atoms with E-state index in [0.29, 0.717) is 6.61 Å². The second-order valence-electron chi connectivity index (χ2n) is 4.62. The standard InChI is InChI=1S/C14H28O/c1-3-11-14(2)12-9-7-5-4-6-8-10-13-15/h3,14-15H,1,4-13H2,2H3/t14-/m1/s1. The lowest BCUT2D eigenvalue weighted by atomic mass is 9.99. The van der Waals surface area contributed by atoms with Crippen molar-refractivity contribution in [2.75, 3.05) is 6.61 Å². The molecule has 1 nitrogen and oxygen atoms in total. The van der Waals surface area contributed by atoms with Gasteiger partial charge in [0.25, 0.3) is 0 Å². The van der Waals surface area contributed by atoms with Crippen LogP contribution in [0, 0.1) is 5.92 Å². The molecule has 0 aliphatic carbocycles. The molecule has 0 bridgehead atoms. The van der Waals surface area contributed by atoms with E-state index < -0.39 is 0 Å². The minimum absolute atomic E-state index is 0.360. The molecule has 0 aromatic carbocycles. The fraction of sp³-hybridized carbons (Fsp3) is 0.857. The first-order chi connectivity index (χ1) is 7.31. The van der Waals surface area contributed by atoms with Gasteiger partial charge in [-0.25, -0.2) is 0 Å². The normalized spacial score (nSPS) is 12.7. The minimum Gasteiger partial charge on any atom is -0.396 e. The van der Waals surface area contributed by atoms with E-state index >= 15 is 0 Å². The summed E-state index contributed by atoms with van der Waals surface area (Å²) in [6.45, 7) is 6.44. The Bertz CT molecular complexity index is 131. The van der Waals surface area contributed by atoms with Crippen LogP contribution in [0.15, 0.2) is 12.7 Å². The lowest BCUT2D eigenvalue weighted by molar-refractivity contribution is 0.282. The first-order valence-electron chi connectivity index (χ1n) is 6.53. The molecule has 15 heavy (non-hydrogen) atoms. The second kappa shape index (κ2) is 11.8. The summed E-state index contributed by atoms with van der Waals surface area (Å²) in [7, 11) is 0. The predicted molar refractivity (Wildman–Crippen MR) is 68.0 cm³/mol. The van der Waals surface area contributed by atoms with Crippen LogP contribution in [-0.2, 0) is 0 Å². The number of allylic oxidation sites excluding steroid dienone is 1. The Hall–Kier alpha value is -0.300. The predicted octanol–water partition coefficient (Wildman–Crippen LogP) is 4.31. The van der Waals surface area contributed by atoms with E-state index in [9.17, 15) is 0 Å². The van der Waals surface area contributed by atoms with Crippen molar-refractivity contribution in [2.45, 2.75) is 64.7 Å². The Morgan fingerprint density at radius 2 is 1.53 bits per heavy atom. The third-order valence-electron chi connectivity index (χ3n) is 2.92. The summed E-state index contributed by atoms with van der Waals surface area (Å²) in [5.74, 6) is 0.817. The largest absolute Gasteiger partial charge is 0.396 e. The molecule has 1 heteroatoms. The quantitative estimate of drug-likeness (QED) is 0.399.